The molecule has 0 bridgehead atoms. The summed E-state index contributed by atoms with van der Waals surface area (Å²) in [5.74, 6) is 5.31. The molecule has 104 valence electrons. The van der Waals surface area contributed by atoms with Crippen molar-refractivity contribution in [1.82, 2.24) is 5.32 Å². The normalized spacial score (nSPS) is 10.2. The van der Waals surface area contributed by atoms with Crippen molar-refractivity contribution in [3.8, 4) is 0 Å². The van der Waals surface area contributed by atoms with E-state index in [2.05, 4.69) is 10.7 Å². The van der Waals surface area contributed by atoms with E-state index < -0.39 is 0 Å². The number of hydrazine groups is 1. The van der Waals surface area contributed by atoms with Gasteiger partial charge in [-0.25, -0.2) is 0 Å². The lowest BCUT2D eigenvalue weighted by Crippen LogP contribution is -2.25. The van der Waals surface area contributed by atoms with E-state index in [1.807, 2.05) is 50.2 Å². The van der Waals surface area contributed by atoms with Gasteiger partial charge in [-0.2, -0.15) is 0 Å². The fraction of sp³-hybridized carbons (Fsp3) is 0.188. The number of nitrogen functional groups attached to an aromatic ring is 1. The minimum atomic E-state index is -0.134. The van der Waals surface area contributed by atoms with Crippen LogP contribution < -0.4 is 16.6 Å². The molecule has 0 aliphatic carbocycles. The SMILES string of the molecule is Cc1ccc(NN)c(C(=O)NCc2ccccc2C)c1. The topological polar surface area (TPSA) is 67.1 Å². The molecule has 4 N–H and O–H groups in total. The highest BCUT2D eigenvalue weighted by atomic mass is 16.1. The van der Waals surface area contributed by atoms with Gasteiger partial charge in [0.05, 0.1) is 11.3 Å². The summed E-state index contributed by atoms with van der Waals surface area (Å²) in [5, 5.41) is 2.92. The summed E-state index contributed by atoms with van der Waals surface area (Å²) in [4.78, 5) is 12.3. The van der Waals surface area contributed by atoms with Crippen LogP contribution in [0.15, 0.2) is 42.5 Å². The average Bonchev–Trinajstić information content (AvgIpc) is 2.46. The Morgan fingerprint density at radius 1 is 1.15 bits per heavy atom. The summed E-state index contributed by atoms with van der Waals surface area (Å²) in [6.45, 7) is 4.48. The van der Waals surface area contributed by atoms with Gasteiger partial charge in [0.1, 0.15) is 0 Å². The summed E-state index contributed by atoms with van der Waals surface area (Å²) in [7, 11) is 0. The molecule has 0 spiro atoms. The van der Waals surface area contributed by atoms with Crippen molar-refractivity contribution in [2.75, 3.05) is 5.43 Å². The van der Waals surface area contributed by atoms with Gasteiger partial charge in [-0.1, -0.05) is 35.9 Å². The Bertz CT molecular complexity index is 623. The number of rotatable bonds is 4. The van der Waals surface area contributed by atoms with Gasteiger partial charge < -0.3 is 10.7 Å². The molecular weight excluding hydrogens is 250 g/mol. The molecule has 0 aliphatic heterocycles. The Morgan fingerprint density at radius 2 is 1.90 bits per heavy atom. The number of hydrogen-bond donors (Lipinski definition) is 3. The van der Waals surface area contributed by atoms with Crippen LogP contribution in [0.2, 0.25) is 0 Å². The van der Waals surface area contributed by atoms with Crippen LogP contribution in [0.5, 0.6) is 0 Å². The van der Waals surface area contributed by atoms with E-state index in [9.17, 15) is 4.79 Å². The number of benzene rings is 2. The molecule has 0 aliphatic rings. The number of anilines is 1. The number of hydrogen-bond acceptors (Lipinski definition) is 3. The Hall–Kier alpha value is -2.33. The number of carbonyl (C=O) groups is 1. The predicted octanol–water partition coefficient (Wildman–Crippen LogP) is 2.52. The molecule has 20 heavy (non-hydrogen) atoms. The van der Waals surface area contributed by atoms with Crippen LogP contribution >= 0.6 is 0 Å². The maximum atomic E-state index is 12.3. The van der Waals surface area contributed by atoms with Crippen LogP contribution in [0.1, 0.15) is 27.0 Å². The van der Waals surface area contributed by atoms with Crippen LogP contribution in [-0.2, 0) is 6.54 Å². The van der Waals surface area contributed by atoms with Crippen molar-refractivity contribution in [1.29, 1.82) is 0 Å². The van der Waals surface area contributed by atoms with Crippen molar-refractivity contribution in [2.45, 2.75) is 20.4 Å². The average molecular weight is 269 g/mol. The molecule has 0 fully saturated rings. The molecule has 2 aromatic carbocycles. The predicted molar refractivity (Wildman–Crippen MR) is 81.3 cm³/mol. The van der Waals surface area contributed by atoms with Gasteiger partial charge in [-0.05, 0) is 37.1 Å². The maximum Gasteiger partial charge on any atom is 0.253 e. The molecule has 0 heterocycles. The molecule has 0 radical (unpaired) electrons. The monoisotopic (exact) mass is 269 g/mol. The van der Waals surface area contributed by atoms with Crippen LogP contribution in [0, 0.1) is 13.8 Å². The Labute approximate surface area is 119 Å². The van der Waals surface area contributed by atoms with E-state index >= 15 is 0 Å². The fourth-order valence-corrected chi connectivity index (χ4v) is 2.05. The second-order valence-corrected chi connectivity index (χ2v) is 4.80. The minimum Gasteiger partial charge on any atom is -0.348 e. The summed E-state index contributed by atoms with van der Waals surface area (Å²) < 4.78 is 0. The van der Waals surface area contributed by atoms with Crippen molar-refractivity contribution in [3.63, 3.8) is 0 Å². The van der Waals surface area contributed by atoms with Gasteiger partial charge in [0.2, 0.25) is 0 Å². The van der Waals surface area contributed by atoms with E-state index in [-0.39, 0.29) is 5.91 Å². The largest absolute Gasteiger partial charge is 0.348 e. The van der Waals surface area contributed by atoms with E-state index in [4.69, 9.17) is 5.84 Å². The number of carbonyl (C=O) groups excluding carboxylic acids is 1. The molecule has 0 saturated carbocycles. The zero-order valence-corrected chi connectivity index (χ0v) is 11.7. The van der Waals surface area contributed by atoms with Gasteiger partial charge in [0.15, 0.2) is 0 Å². The van der Waals surface area contributed by atoms with E-state index in [1.54, 1.807) is 6.07 Å². The molecule has 4 heteroatoms. The minimum absolute atomic E-state index is 0.134. The second-order valence-electron chi connectivity index (χ2n) is 4.80. The molecule has 2 aromatic rings. The standard InChI is InChI=1S/C16H19N3O/c1-11-7-8-15(19-17)14(9-11)16(20)18-10-13-6-4-3-5-12(13)2/h3-9,19H,10,17H2,1-2H3,(H,18,20). The van der Waals surface area contributed by atoms with Gasteiger partial charge in [0.25, 0.3) is 5.91 Å². The van der Waals surface area contributed by atoms with Gasteiger partial charge in [-0.15, -0.1) is 0 Å². The van der Waals surface area contributed by atoms with E-state index in [1.165, 1.54) is 0 Å². The summed E-state index contributed by atoms with van der Waals surface area (Å²) >= 11 is 0. The van der Waals surface area contributed by atoms with Crippen molar-refractivity contribution in [3.05, 3.63) is 64.7 Å². The lowest BCUT2D eigenvalue weighted by Gasteiger charge is -2.11. The van der Waals surface area contributed by atoms with Crippen molar-refractivity contribution >= 4 is 11.6 Å². The van der Waals surface area contributed by atoms with E-state index in [0.717, 1.165) is 16.7 Å². The molecular formula is C16H19N3O. The Kier molecular flexibility index (Phi) is 4.38. The van der Waals surface area contributed by atoms with Crippen LogP contribution in [0.4, 0.5) is 5.69 Å². The first-order chi connectivity index (χ1) is 9.61. The first kappa shape index (κ1) is 14.1. The smallest absolute Gasteiger partial charge is 0.253 e. The lowest BCUT2D eigenvalue weighted by molar-refractivity contribution is 0.0951. The summed E-state index contributed by atoms with van der Waals surface area (Å²) in [6.07, 6.45) is 0. The third kappa shape index (κ3) is 3.16. The summed E-state index contributed by atoms with van der Waals surface area (Å²) in [6, 6.07) is 13.5. The third-order valence-electron chi connectivity index (χ3n) is 3.28. The van der Waals surface area contributed by atoms with Gasteiger partial charge in [-0.3, -0.25) is 10.6 Å². The number of amides is 1. The fourth-order valence-electron chi connectivity index (χ4n) is 2.05. The van der Waals surface area contributed by atoms with Gasteiger partial charge in [0, 0.05) is 6.54 Å². The first-order valence-corrected chi connectivity index (χ1v) is 6.52. The molecule has 0 unspecified atom stereocenters. The van der Waals surface area contributed by atoms with Crippen molar-refractivity contribution in [2.24, 2.45) is 5.84 Å². The number of aryl methyl sites for hydroxylation is 2. The Morgan fingerprint density at radius 3 is 2.60 bits per heavy atom. The highest BCUT2D eigenvalue weighted by Crippen LogP contribution is 2.16. The van der Waals surface area contributed by atoms with E-state index in [0.29, 0.717) is 17.8 Å². The van der Waals surface area contributed by atoms with Crippen LogP contribution in [-0.4, -0.2) is 5.91 Å². The molecule has 0 saturated heterocycles. The molecule has 4 nitrogen and oxygen atoms in total. The zero-order valence-electron chi connectivity index (χ0n) is 11.7. The van der Waals surface area contributed by atoms with Crippen LogP contribution in [0.3, 0.4) is 0 Å². The molecule has 0 aromatic heterocycles. The zero-order chi connectivity index (χ0) is 14.5. The number of nitrogens with two attached hydrogens (primary N) is 1. The van der Waals surface area contributed by atoms with Gasteiger partial charge >= 0.3 is 0 Å². The third-order valence-corrected chi connectivity index (χ3v) is 3.28. The first-order valence-electron chi connectivity index (χ1n) is 6.52. The number of nitrogens with one attached hydrogen (secondary N) is 2. The lowest BCUT2D eigenvalue weighted by atomic mass is 10.1. The highest BCUT2D eigenvalue weighted by molar-refractivity contribution is 5.99. The second kappa shape index (κ2) is 6.21. The molecule has 0 atom stereocenters. The maximum absolute atomic E-state index is 12.3. The quantitative estimate of drug-likeness (QED) is 0.590. The summed E-state index contributed by atoms with van der Waals surface area (Å²) in [5.41, 5.74) is 7.02. The Balaban J connectivity index is 2.13. The van der Waals surface area contributed by atoms with Crippen LogP contribution in [0.25, 0.3) is 0 Å². The molecule has 1 amide bonds. The molecule has 2 rings (SSSR count). The highest BCUT2D eigenvalue weighted by Gasteiger charge is 2.11. The van der Waals surface area contributed by atoms with Crippen molar-refractivity contribution < 1.29 is 4.79 Å².